The van der Waals surface area contributed by atoms with Crippen LogP contribution in [0.4, 0.5) is 0 Å². The molecule has 0 aliphatic carbocycles. The van der Waals surface area contributed by atoms with E-state index in [9.17, 15) is 4.79 Å². The summed E-state index contributed by atoms with van der Waals surface area (Å²) in [7, 11) is 0. The molecule has 0 unspecified atom stereocenters. The molecular weight excluding hydrogens is 196 g/mol. The second-order valence-electron chi connectivity index (χ2n) is 3.61. The summed E-state index contributed by atoms with van der Waals surface area (Å²) in [6.45, 7) is 4.55. The van der Waals surface area contributed by atoms with Crippen LogP contribution in [0.3, 0.4) is 0 Å². The van der Waals surface area contributed by atoms with Crippen LogP contribution in [-0.4, -0.2) is 27.7 Å². The van der Waals surface area contributed by atoms with Crippen LogP contribution in [0.1, 0.15) is 19.5 Å². The van der Waals surface area contributed by atoms with Crippen molar-refractivity contribution >= 4 is 5.97 Å². The highest BCUT2D eigenvalue weighted by molar-refractivity contribution is 5.69. The number of ether oxygens (including phenoxy) is 1. The molecule has 0 radical (unpaired) electrons. The van der Waals surface area contributed by atoms with E-state index >= 15 is 0 Å². The van der Waals surface area contributed by atoms with Gasteiger partial charge >= 0.3 is 12.0 Å². The minimum atomic E-state index is -0.913. The lowest BCUT2D eigenvalue weighted by molar-refractivity contribution is -0.136. The molecule has 0 saturated heterocycles. The third-order valence-corrected chi connectivity index (χ3v) is 1.57. The largest absolute Gasteiger partial charge is 0.481 e. The molecule has 1 rings (SSSR count). The molecule has 1 aromatic heterocycles. The maximum absolute atomic E-state index is 10.4. The Hall–Kier alpha value is -1.65. The maximum Gasteiger partial charge on any atom is 0.316 e. The summed E-state index contributed by atoms with van der Waals surface area (Å²) in [6, 6.07) is 1.80. The summed E-state index contributed by atoms with van der Waals surface area (Å²) in [5.74, 6) is -0.528. The van der Waals surface area contributed by atoms with Crippen LogP contribution in [0, 0.1) is 5.92 Å². The number of hydrogen-bond acceptors (Lipinski definition) is 4. The number of rotatable bonds is 5. The summed E-state index contributed by atoms with van der Waals surface area (Å²) in [5.41, 5.74) is 0.455. The molecule has 1 N–H and O–H groups in total. The lowest BCUT2D eigenvalue weighted by Gasteiger charge is -2.06. The zero-order valence-electron chi connectivity index (χ0n) is 8.80. The van der Waals surface area contributed by atoms with Gasteiger partial charge in [-0.1, -0.05) is 13.8 Å². The predicted molar refractivity (Wildman–Crippen MR) is 53.7 cm³/mol. The molecule has 5 heteroatoms. The second-order valence-corrected chi connectivity index (χ2v) is 3.61. The van der Waals surface area contributed by atoms with E-state index in [4.69, 9.17) is 9.84 Å². The lowest BCUT2D eigenvalue weighted by atomic mass is 10.2. The van der Waals surface area contributed by atoms with Crippen LogP contribution < -0.4 is 4.74 Å². The summed E-state index contributed by atoms with van der Waals surface area (Å²) < 4.78 is 5.27. The van der Waals surface area contributed by atoms with Crippen molar-refractivity contribution in [3.05, 3.63) is 18.0 Å². The van der Waals surface area contributed by atoms with Crippen LogP contribution in [0.15, 0.2) is 12.3 Å². The number of aromatic nitrogens is 2. The van der Waals surface area contributed by atoms with E-state index in [2.05, 4.69) is 9.97 Å². The Morgan fingerprint density at radius 1 is 1.60 bits per heavy atom. The van der Waals surface area contributed by atoms with E-state index in [1.54, 1.807) is 6.07 Å². The highest BCUT2D eigenvalue weighted by Crippen LogP contribution is 2.05. The zero-order valence-corrected chi connectivity index (χ0v) is 8.80. The Bertz CT molecular complexity index is 339. The maximum atomic E-state index is 10.4. The third-order valence-electron chi connectivity index (χ3n) is 1.57. The van der Waals surface area contributed by atoms with Gasteiger partial charge in [0.05, 0.1) is 18.7 Å². The number of carbonyl (C=O) groups is 1. The van der Waals surface area contributed by atoms with Gasteiger partial charge in [0.1, 0.15) is 0 Å². The Morgan fingerprint density at radius 3 is 2.93 bits per heavy atom. The van der Waals surface area contributed by atoms with Crippen molar-refractivity contribution in [1.82, 2.24) is 9.97 Å². The zero-order chi connectivity index (χ0) is 11.3. The number of carboxylic acids is 1. The first-order chi connectivity index (χ1) is 7.08. The average Bonchev–Trinajstić information content (AvgIpc) is 2.14. The monoisotopic (exact) mass is 210 g/mol. The first-order valence-electron chi connectivity index (χ1n) is 4.74. The summed E-state index contributed by atoms with van der Waals surface area (Å²) in [4.78, 5) is 18.3. The molecule has 0 amide bonds. The van der Waals surface area contributed by atoms with E-state index in [0.717, 1.165) is 0 Å². The molecule has 0 fully saturated rings. The Kier molecular flexibility index (Phi) is 4.03. The van der Waals surface area contributed by atoms with Crippen molar-refractivity contribution < 1.29 is 14.6 Å². The summed E-state index contributed by atoms with van der Waals surface area (Å²) in [6.07, 6.45) is 1.39. The van der Waals surface area contributed by atoms with Crippen molar-refractivity contribution in [1.29, 1.82) is 0 Å². The van der Waals surface area contributed by atoms with Crippen LogP contribution in [0.25, 0.3) is 0 Å². The lowest BCUT2D eigenvalue weighted by Crippen LogP contribution is -2.09. The molecule has 0 aliphatic rings. The quantitative estimate of drug-likeness (QED) is 0.788. The molecule has 0 atom stereocenters. The third kappa shape index (κ3) is 4.39. The van der Waals surface area contributed by atoms with E-state index < -0.39 is 5.97 Å². The number of aliphatic carboxylic acids is 1. The average molecular weight is 210 g/mol. The molecule has 0 spiro atoms. The molecule has 82 valence electrons. The van der Waals surface area contributed by atoms with Crippen molar-refractivity contribution in [3.8, 4) is 6.01 Å². The van der Waals surface area contributed by atoms with E-state index in [0.29, 0.717) is 18.2 Å². The van der Waals surface area contributed by atoms with Gasteiger partial charge in [0, 0.05) is 6.20 Å². The minimum absolute atomic E-state index is 0.111. The van der Waals surface area contributed by atoms with Gasteiger partial charge in [0.25, 0.3) is 0 Å². The standard InChI is InChI=1S/C10H14N2O3/c1-7(2)6-15-10-11-4-3-8(12-10)5-9(13)14/h3-4,7H,5-6H2,1-2H3,(H,13,14). The highest BCUT2D eigenvalue weighted by atomic mass is 16.5. The van der Waals surface area contributed by atoms with Crippen LogP contribution >= 0.6 is 0 Å². The molecule has 1 aromatic rings. The molecule has 15 heavy (non-hydrogen) atoms. The van der Waals surface area contributed by atoms with Crippen LogP contribution in [0.2, 0.25) is 0 Å². The van der Waals surface area contributed by atoms with E-state index in [1.807, 2.05) is 13.8 Å². The van der Waals surface area contributed by atoms with Crippen LogP contribution in [-0.2, 0) is 11.2 Å². The second kappa shape index (κ2) is 5.29. The molecule has 1 heterocycles. The summed E-state index contributed by atoms with van der Waals surface area (Å²) >= 11 is 0. The predicted octanol–water partition coefficient (Wildman–Crippen LogP) is 1.14. The number of carboxylic acid groups (broad SMARTS) is 1. The Balaban J connectivity index is 2.61. The van der Waals surface area contributed by atoms with Crippen LogP contribution in [0.5, 0.6) is 6.01 Å². The van der Waals surface area contributed by atoms with Crippen molar-refractivity contribution in [2.75, 3.05) is 6.61 Å². The fraction of sp³-hybridized carbons (Fsp3) is 0.500. The summed E-state index contributed by atoms with van der Waals surface area (Å²) in [5, 5.41) is 8.57. The van der Waals surface area contributed by atoms with Gasteiger partial charge in [0.15, 0.2) is 0 Å². The molecule has 0 aromatic carbocycles. The SMILES string of the molecule is CC(C)COc1nccc(CC(=O)O)n1. The number of nitrogens with zero attached hydrogens (tertiary/aromatic N) is 2. The van der Waals surface area contributed by atoms with Gasteiger partial charge in [-0.3, -0.25) is 4.79 Å². The molecular formula is C10H14N2O3. The van der Waals surface area contributed by atoms with Gasteiger partial charge in [-0.2, -0.15) is 4.98 Å². The smallest absolute Gasteiger partial charge is 0.316 e. The van der Waals surface area contributed by atoms with Gasteiger partial charge in [0.2, 0.25) is 0 Å². The van der Waals surface area contributed by atoms with E-state index in [-0.39, 0.29) is 12.4 Å². The topological polar surface area (TPSA) is 72.3 Å². The van der Waals surface area contributed by atoms with Gasteiger partial charge < -0.3 is 9.84 Å². The van der Waals surface area contributed by atoms with Crippen molar-refractivity contribution in [2.45, 2.75) is 20.3 Å². The van der Waals surface area contributed by atoms with Crippen molar-refractivity contribution in [3.63, 3.8) is 0 Å². The Morgan fingerprint density at radius 2 is 2.33 bits per heavy atom. The van der Waals surface area contributed by atoms with Gasteiger partial charge in [-0.05, 0) is 12.0 Å². The molecule has 0 bridgehead atoms. The first-order valence-corrected chi connectivity index (χ1v) is 4.74. The molecule has 0 aliphatic heterocycles. The highest BCUT2D eigenvalue weighted by Gasteiger charge is 2.05. The van der Waals surface area contributed by atoms with Crippen molar-refractivity contribution in [2.24, 2.45) is 5.92 Å². The Labute approximate surface area is 88.1 Å². The number of hydrogen-bond donors (Lipinski definition) is 1. The molecule has 0 saturated carbocycles. The fourth-order valence-electron chi connectivity index (χ4n) is 0.940. The fourth-order valence-corrected chi connectivity index (χ4v) is 0.940. The van der Waals surface area contributed by atoms with E-state index in [1.165, 1.54) is 6.20 Å². The first kappa shape index (κ1) is 11.4. The minimum Gasteiger partial charge on any atom is -0.481 e. The molecule has 5 nitrogen and oxygen atoms in total. The van der Waals surface area contributed by atoms with Gasteiger partial charge in [-0.15, -0.1) is 0 Å². The normalized spacial score (nSPS) is 10.3. The van der Waals surface area contributed by atoms with Gasteiger partial charge in [-0.25, -0.2) is 4.98 Å².